The lowest BCUT2D eigenvalue weighted by Crippen LogP contribution is -2.55. The molecular formula is C24H36O3S. The van der Waals surface area contributed by atoms with Crippen LogP contribution in [0.1, 0.15) is 72.6 Å². The largest absolute Gasteiger partial charge is 0.461 e. The highest BCUT2D eigenvalue weighted by Crippen LogP contribution is 2.67. The van der Waals surface area contributed by atoms with Gasteiger partial charge >= 0.3 is 5.97 Å². The number of fused-ring (bicyclic) bond motifs is 5. The summed E-state index contributed by atoms with van der Waals surface area (Å²) in [6, 6.07) is 0. The molecule has 0 amide bonds. The smallest absolute Gasteiger partial charge is 0.305 e. The van der Waals surface area contributed by atoms with E-state index in [-0.39, 0.29) is 28.8 Å². The summed E-state index contributed by atoms with van der Waals surface area (Å²) in [5.74, 6) is 1.84. The summed E-state index contributed by atoms with van der Waals surface area (Å²) < 4.78 is 5.99. The fourth-order valence-corrected chi connectivity index (χ4v) is 8.01. The van der Waals surface area contributed by atoms with E-state index in [1.165, 1.54) is 18.3 Å². The van der Waals surface area contributed by atoms with Gasteiger partial charge in [-0.25, -0.2) is 0 Å². The van der Waals surface area contributed by atoms with Crippen LogP contribution < -0.4 is 0 Å². The van der Waals surface area contributed by atoms with Crippen LogP contribution in [0.5, 0.6) is 0 Å². The Balaban J connectivity index is 1.70. The van der Waals surface area contributed by atoms with Crippen molar-refractivity contribution in [1.29, 1.82) is 0 Å². The maximum Gasteiger partial charge on any atom is 0.305 e. The molecule has 0 aromatic heterocycles. The monoisotopic (exact) mass is 404 g/mol. The molecule has 0 heterocycles. The van der Waals surface area contributed by atoms with Crippen molar-refractivity contribution in [3.63, 3.8) is 0 Å². The molecule has 4 unspecified atom stereocenters. The lowest BCUT2D eigenvalue weighted by atomic mass is 9.45. The van der Waals surface area contributed by atoms with Crippen LogP contribution in [0.4, 0.5) is 0 Å². The second kappa shape index (κ2) is 7.18. The Kier molecular flexibility index (Phi) is 5.26. The van der Waals surface area contributed by atoms with Crippen LogP contribution in [0, 0.1) is 40.4 Å². The summed E-state index contributed by atoms with van der Waals surface area (Å²) >= 11 is 4.72. The predicted octanol–water partition coefficient (Wildman–Crippen LogP) is 5.24. The Morgan fingerprint density at radius 1 is 1.29 bits per heavy atom. The first-order chi connectivity index (χ1) is 13.2. The lowest BCUT2D eigenvalue weighted by Gasteiger charge is -2.59. The van der Waals surface area contributed by atoms with Gasteiger partial charge in [0.05, 0.1) is 0 Å². The molecular weight excluding hydrogens is 368 g/mol. The standard InChI is InChI=1S/C24H36O3S/c1-5-20(26)27-22-14(2)10-19-21-15(13-25)11-16-12-17(28)6-8-23(16,3)18(21)7-9-24(19,22)4/h12-15,17-19,21-22,28H,5-11H2,1-4H3/t14-,15-,17+,18?,19?,21?,22?,23+,24+/m1/s1. The van der Waals surface area contributed by atoms with Gasteiger partial charge < -0.3 is 9.53 Å². The number of carbonyl (C=O) groups is 2. The van der Waals surface area contributed by atoms with Crippen LogP contribution in [0.15, 0.2) is 11.6 Å². The van der Waals surface area contributed by atoms with Crippen molar-refractivity contribution in [2.24, 2.45) is 40.4 Å². The highest BCUT2D eigenvalue weighted by atomic mass is 32.1. The summed E-state index contributed by atoms with van der Waals surface area (Å²) in [5.41, 5.74) is 1.71. The van der Waals surface area contributed by atoms with E-state index in [4.69, 9.17) is 17.4 Å². The minimum Gasteiger partial charge on any atom is -0.461 e. The third-order valence-electron chi connectivity index (χ3n) is 9.14. The van der Waals surface area contributed by atoms with Crippen LogP contribution in [0.3, 0.4) is 0 Å². The number of esters is 1. The molecule has 0 bridgehead atoms. The third-order valence-corrected chi connectivity index (χ3v) is 9.55. The molecule has 4 heteroatoms. The average Bonchev–Trinajstić information content (AvgIpc) is 2.92. The zero-order valence-corrected chi connectivity index (χ0v) is 18.7. The molecule has 0 aromatic carbocycles. The number of hydrogen-bond acceptors (Lipinski definition) is 4. The van der Waals surface area contributed by atoms with Crippen molar-refractivity contribution >= 4 is 24.9 Å². The van der Waals surface area contributed by atoms with E-state index in [0.717, 1.165) is 32.1 Å². The number of rotatable bonds is 3. The van der Waals surface area contributed by atoms with E-state index in [1.54, 1.807) is 0 Å². The van der Waals surface area contributed by atoms with E-state index in [0.29, 0.717) is 35.3 Å². The van der Waals surface area contributed by atoms with Gasteiger partial charge in [0.25, 0.3) is 0 Å². The first kappa shape index (κ1) is 20.5. The molecule has 4 rings (SSSR count). The Morgan fingerprint density at radius 2 is 2.04 bits per heavy atom. The van der Waals surface area contributed by atoms with Crippen molar-refractivity contribution in [3.8, 4) is 0 Å². The molecule has 4 aliphatic carbocycles. The Bertz CT molecular complexity index is 687. The van der Waals surface area contributed by atoms with Gasteiger partial charge in [-0.3, -0.25) is 4.79 Å². The lowest BCUT2D eigenvalue weighted by molar-refractivity contribution is -0.164. The minimum absolute atomic E-state index is 0.00359. The van der Waals surface area contributed by atoms with Gasteiger partial charge in [0, 0.05) is 23.0 Å². The fourth-order valence-electron chi connectivity index (χ4n) is 7.70. The van der Waals surface area contributed by atoms with Crippen LogP contribution in [-0.2, 0) is 14.3 Å². The van der Waals surface area contributed by atoms with Crippen molar-refractivity contribution < 1.29 is 14.3 Å². The zero-order valence-electron chi connectivity index (χ0n) is 17.8. The Labute approximate surface area is 175 Å². The molecule has 4 aliphatic rings. The molecule has 0 aromatic rings. The van der Waals surface area contributed by atoms with Gasteiger partial charge in [-0.2, -0.15) is 12.6 Å². The van der Waals surface area contributed by atoms with Crippen molar-refractivity contribution in [1.82, 2.24) is 0 Å². The number of aldehydes is 1. The molecule has 9 atom stereocenters. The second-order valence-corrected chi connectivity index (χ2v) is 11.2. The third kappa shape index (κ3) is 2.92. The van der Waals surface area contributed by atoms with Gasteiger partial charge in [0.2, 0.25) is 0 Å². The second-order valence-electron chi connectivity index (χ2n) is 10.5. The van der Waals surface area contributed by atoms with E-state index in [1.807, 2.05) is 6.92 Å². The zero-order chi connectivity index (χ0) is 20.3. The molecule has 0 saturated heterocycles. The summed E-state index contributed by atoms with van der Waals surface area (Å²) in [6.45, 7) is 8.90. The number of hydrogen-bond donors (Lipinski definition) is 1. The molecule has 3 nitrogen and oxygen atoms in total. The molecule has 0 aliphatic heterocycles. The van der Waals surface area contributed by atoms with Gasteiger partial charge in [-0.15, -0.1) is 0 Å². The number of carbonyl (C=O) groups excluding carboxylic acids is 2. The quantitative estimate of drug-likeness (QED) is 0.303. The molecule has 3 saturated carbocycles. The molecule has 0 radical (unpaired) electrons. The maximum absolute atomic E-state index is 12.2. The molecule has 156 valence electrons. The number of allylic oxidation sites excluding steroid dienone is 1. The highest BCUT2D eigenvalue weighted by molar-refractivity contribution is 7.81. The molecule has 0 spiro atoms. The van der Waals surface area contributed by atoms with Crippen molar-refractivity contribution in [3.05, 3.63) is 11.6 Å². The summed E-state index contributed by atoms with van der Waals surface area (Å²) in [6.07, 6.45) is 10.6. The fraction of sp³-hybridized carbons (Fsp3) is 0.833. The molecule has 3 fully saturated rings. The summed E-state index contributed by atoms with van der Waals surface area (Å²) in [4.78, 5) is 24.3. The van der Waals surface area contributed by atoms with Crippen LogP contribution >= 0.6 is 12.6 Å². The number of thiol groups is 1. The van der Waals surface area contributed by atoms with Crippen molar-refractivity contribution in [2.75, 3.05) is 0 Å². The predicted molar refractivity (Wildman–Crippen MR) is 114 cm³/mol. The van der Waals surface area contributed by atoms with Crippen LogP contribution in [0.2, 0.25) is 0 Å². The van der Waals surface area contributed by atoms with E-state index < -0.39 is 0 Å². The minimum atomic E-state index is -0.0827. The summed E-state index contributed by atoms with van der Waals surface area (Å²) in [5, 5.41) is 0.338. The van der Waals surface area contributed by atoms with Gasteiger partial charge in [-0.1, -0.05) is 39.3 Å². The molecule has 28 heavy (non-hydrogen) atoms. The van der Waals surface area contributed by atoms with Crippen LogP contribution in [0.25, 0.3) is 0 Å². The SMILES string of the molecule is CCC(=O)OC1[C@H](C)CC2C3C(CC[C@@]21C)[C@@]1(C)CC[C@H](S)C=C1C[C@@H]3C=O. The normalized spacial score (nSPS) is 50.0. The highest BCUT2D eigenvalue weighted by Gasteiger charge is 2.63. The Hall–Kier alpha value is -0.770. The maximum atomic E-state index is 12.2. The van der Waals surface area contributed by atoms with E-state index in [9.17, 15) is 9.59 Å². The van der Waals surface area contributed by atoms with E-state index in [2.05, 4.69) is 26.8 Å². The van der Waals surface area contributed by atoms with Gasteiger partial charge in [0.1, 0.15) is 12.4 Å². The van der Waals surface area contributed by atoms with Crippen molar-refractivity contribution in [2.45, 2.75) is 84.0 Å². The van der Waals surface area contributed by atoms with Gasteiger partial charge in [-0.05, 0) is 67.6 Å². The first-order valence-corrected chi connectivity index (χ1v) is 11.8. The van der Waals surface area contributed by atoms with Crippen LogP contribution in [-0.4, -0.2) is 23.6 Å². The first-order valence-electron chi connectivity index (χ1n) is 11.3. The summed E-state index contributed by atoms with van der Waals surface area (Å²) in [7, 11) is 0. The van der Waals surface area contributed by atoms with E-state index >= 15 is 0 Å². The molecule has 0 N–H and O–H groups in total. The van der Waals surface area contributed by atoms with Gasteiger partial charge in [0.15, 0.2) is 0 Å². The average molecular weight is 405 g/mol. The Morgan fingerprint density at radius 3 is 2.71 bits per heavy atom. The number of ether oxygens (including phenoxy) is 1. The topological polar surface area (TPSA) is 43.4 Å².